The first-order valence-electron chi connectivity index (χ1n) is 5.07. The molecule has 2 rings (SSSR count). The molecule has 0 spiro atoms. The molecule has 0 unspecified atom stereocenters. The molecule has 0 bridgehead atoms. The number of nitrogens with zero attached hydrogens (tertiary/aromatic N) is 3. The van der Waals surface area contributed by atoms with Crippen LogP contribution in [0.1, 0.15) is 24.0 Å². The molecule has 1 aromatic rings. The fraction of sp³-hybridized carbons (Fsp3) is 0.500. The Hall–Kier alpha value is -2.03. The first kappa shape index (κ1) is 10.5. The van der Waals surface area contributed by atoms with Crippen LogP contribution in [-0.2, 0) is 0 Å². The zero-order chi connectivity index (χ0) is 11.5. The van der Waals surface area contributed by atoms with Crippen LogP contribution in [0.25, 0.3) is 0 Å². The Bertz CT molecular complexity index is 409. The van der Waals surface area contributed by atoms with E-state index in [1.807, 2.05) is 6.92 Å². The molecular weight excluding hydrogens is 208 g/mol. The van der Waals surface area contributed by atoms with Gasteiger partial charge in [0.15, 0.2) is 6.19 Å². The summed E-state index contributed by atoms with van der Waals surface area (Å²) in [6.45, 7) is 2.50. The van der Waals surface area contributed by atoms with Crippen molar-refractivity contribution in [3.8, 4) is 6.19 Å². The normalized spacial score (nSPS) is 24.1. The second-order valence-electron chi connectivity index (χ2n) is 3.84. The van der Waals surface area contributed by atoms with Crippen molar-refractivity contribution < 1.29 is 9.21 Å². The van der Waals surface area contributed by atoms with Crippen molar-refractivity contribution in [3.05, 3.63) is 18.4 Å². The van der Waals surface area contributed by atoms with Gasteiger partial charge in [-0.1, -0.05) is 0 Å². The van der Waals surface area contributed by atoms with E-state index in [4.69, 9.17) is 9.68 Å². The van der Waals surface area contributed by atoms with Crippen LogP contribution in [0.4, 0.5) is 0 Å². The first-order valence-corrected chi connectivity index (χ1v) is 5.07. The largest absolute Gasteiger partial charge is 0.441 e. The lowest BCUT2D eigenvalue weighted by atomic mass is 10.2. The van der Waals surface area contributed by atoms with Gasteiger partial charge in [0.25, 0.3) is 5.89 Å². The van der Waals surface area contributed by atoms with Crippen molar-refractivity contribution in [2.75, 3.05) is 6.54 Å². The molecule has 6 heteroatoms. The molecule has 2 heterocycles. The SMILES string of the molecule is C[C@@H]1C[C@@H](NC(=O)c2ncco2)CN1C#N. The highest BCUT2D eigenvalue weighted by molar-refractivity contribution is 5.89. The van der Waals surface area contributed by atoms with E-state index in [0.29, 0.717) is 6.54 Å². The van der Waals surface area contributed by atoms with Crippen molar-refractivity contribution >= 4 is 5.91 Å². The summed E-state index contributed by atoms with van der Waals surface area (Å²) in [6, 6.07) is 0.147. The Morgan fingerprint density at radius 2 is 2.62 bits per heavy atom. The predicted octanol–water partition coefficient (Wildman–Crippen LogP) is 0.348. The number of nitrogens with one attached hydrogen (secondary N) is 1. The molecular formula is C10H12N4O2. The van der Waals surface area contributed by atoms with Crippen LogP contribution in [0.2, 0.25) is 0 Å². The molecule has 1 saturated heterocycles. The average molecular weight is 220 g/mol. The summed E-state index contributed by atoms with van der Waals surface area (Å²) in [5.74, 6) is -0.273. The van der Waals surface area contributed by atoms with Crippen molar-refractivity contribution in [1.82, 2.24) is 15.2 Å². The number of nitriles is 1. The molecule has 0 radical (unpaired) electrons. The van der Waals surface area contributed by atoms with Gasteiger partial charge in [0.2, 0.25) is 0 Å². The number of likely N-dealkylation sites (tertiary alicyclic amines) is 1. The molecule has 0 aliphatic carbocycles. The summed E-state index contributed by atoms with van der Waals surface area (Å²) in [4.78, 5) is 17.0. The van der Waals surface area contributed by atoms with E-state index in [1.54, 1.807) is 4.90 Å². The summed E-state index contributed by atoms with van der Waals surface area (Å²) in [6.07, 6.45) is 5.64. The van der Waals surface area contributed by atoms with E-state index in [0.717, 1.165) is 6.42 Å². The number of amides is 1. The molecule has 0 saturated carbocycles. The van der Waals surface area contributed by atoms with E-state index in [1.165, 1.54) is 12.5 Å². The molecule has 1 amide bonds. The maximum absolute atomic E-state index is 11.6. The van der Waals surface area contributed by atoms with Crippen molar-refractivity contribution in [3.63, 3.8) is 0 Å². The van der Waals surface area contributed by atoms with E-state index in [-0.39, 0.29) is 23.9 Å². The zero-order valence-corrected chi connectivity index (χ0v) is 8.88. The van der Waals surface area contributed by atoms with Crippen molar-refractivity contribution in [2.45, 2.75) is 25.4 Å². The number of carbonyl (C=O) groups is 1. The molecule has 0 aromatic carbocycles. The average Bonchev–Trinajstić information content (AvgIpc) is 2.87. The Morgan fingerprint density at radius 3 is 3.19 bits per heavy atom. The lowest BCUT2D eigenvalue weighted by Gasteiger charge is -2.11. The fourth-order valence-electron chi connectivity index (χ4n) is 1.86. The second-order valence-corrected chi connectivity index (χ2v) is 3.84. The Balaban J connectivity index is 1.93. The van der Waals surface area contributed by atoms with Gasteiger partial charge in [-0.25, -0.2) is 4.98 Å². The van der Waals surface area contributed by atoms with Crippen LogP contribution < -0.4 is 5.32 Å². The van der Waals surface area contributed by atoms with Gasteiger partial charge in [-0.15, -0.1) is 0 Å². The van der Waals surface area contributed by atoms with Crippen LogP contribution in [0.15, 0.2) is 16.9 Å². The van der Waals surface area contributed by atoms with Gasteiger partial charge < -0.3 is 14.6 Å². The lowest BCUT2D eigenvalue weighted by Crippen LogP contribution is -2.36. The van der Waals surface area contributed by atoms with Crippen LogP contribution in [0.3, 0.4) is 0 Å². The molecule has 16 heavy (non-hydrogen) atoms. The molecule has 2 atom stereocenters. The van der Waals surface area contributed by atoms with Gasteiger partial charge in [-0.05, 0) is 13.3 Å². The topological polar surface area (TPSA) is 82.2 Å². The molecule has 1 aliphatic heterocycles. The summed E-state index contributed by atoms with van der Waals surface area (Å²) in [5, 5.41) is 11.6. The minimum atomic E-state index is -0.331. The predicted molar refractivity (Wildman–Crippen MR) is 54.2 cm³/mol. The number of carbonyl (C=O) groups excluding carboxylic acids is 1. The maximum Gasteiger partial charge on any atom is 0.307 e. The van der Waals surface area contributed by atoms with Crippen molar-refractivity contribution in [2.24, 2.45) is 0 Å². The quantitative estimate of drug-likeness (QED) is 0.727. The first-order chi connectivity index (χ1) is 7.70. The van der Waals surface area contributed by atoms with Crippen molar-refractivity contribution in [1.29, 1.82) is 5.26 Å². The Labute approximate surface area is 92.9 Å². The number of rotatable bonds is 2. The smallest absolute Gasteiger partial charge is 0.307 e. The molecule has 1 fully saturated rings. The number of hydrogen-bond acceptors (Lipinski definition) is 5. The second kappa shape index (κ2) is 4.23. The molecule has 1 aromatic heterocycles. The van der Waals surface area contributed by atoms with Gasteiger partial charge in [0.05, 0.1) is 6.20 Å². The molecule has 84 valence electrons. The van der Waals surface area contributed by atoms with E-state index >= 15 is 0 Å². The molecule has 6 nitrogen and oxygen atoms in total. The summed E-state index contributed by atoms with van der Waals surface area (Å²) in [7, 11) is 0. The zero-order valence-electron chi connectivity index (χ0n) is 8.88. The Kier molecular flexibility index (Phi) is 2.77. The lowest BCUT2D eigenvalue weighted by molar-refractivity contribution is 0.0903. The molecule has 1 N–H and O–H groups in total. The number of oxazole rings is 1. The van der Waals surface area contributed by atoms with E-state index < -0.39 is 0 Å². The minimum Gasteiger partial charge on any atom is -0.441 e. The Morgan fingerprint density at radius 1 is 1.81 bits per heavy atom. The number of aromatic nitrogens is 1. The monoisotopic (exact) mass is 220 g/mol. The molecule has 1 aliphatic rings. The summed E-state index contributed by atoms with van der Waals surface area (Å²) < 4.78 is 4.88. The number of hydrogen-bond donors (Lipinski definition) is 1. The van der Waals surface area contributed by atoms with Crippen LogP contribution >= 0.6 is 0 Å². The third kappa shape index (κ3) is 1.98. The highest BCUT2D eigenvalue weighted by Gasteiger charge is 2.30. The fourth-order valence-corrected chi connectivity index (χ4v) is 1.86. The highest BCUT2D eigenvalue weighted by Crippen LogP contribution is 2.16. The highest BCUT2D eigenvalue weighted by atomic mass is 16.3. The van der Waals surface area contributed by atoms with Gasteiger partial charge in [0, 0.05) is 18.6 Å². The van der Waals surface area contributed by atoms with Crippen LogP contribution in [0, 0.1) is 11.5 Å². The summed E-state index contributed by atoms with van der Waals surface area (Å²) >= 11 is 0. The van der Waals surface area contributed by atoms with E-state index in [2.05, 4.69) is 16.5 Å². The van der Waals surface area contributed by atoms with Gasteiger partial charge >= 0.3 is 5.91 Å². The standard InChI is InChI=1S/C10H12N4O2/c1-7-4-8(5-14(7)6-11)13-9(15)10-12-2-3-16-10/h2-3,7-8H,4-5H2,1H3,(H,13,15)/t7-,8-/m1/s1. The maximum atomic E-state index is 11.6. The van der Waals surface area contributed by atoms with Crippen LogP contribution in [-0.4, -0.2) is 34.4 Å². The van der Waals surface area contributed by atoms with Gasteiger partial charge in [-0.3, -0.25) is 4.79 Å². The van der Waals surface area contributed by atoms with Gasteiger partial charge in [0.1, 0.15) is 6.26 Å². The van der Waals surface area contributed by atoms with Gasteiger partial charge in [-0.2, -0.15) is 5.26 Å². The van der Waals surface area contributed by atoms with E-state index in [9.17, 15) is 4.79 Å². The third-order valence-electron chi connectivity index (χ3n) is 2.66. The minimum absolute atomic E-state index is 0.0194. The third-order valence-corrected chi connectivity index (χ3v) is 2.66. The summed E-state index contributed by atoms with van der Waals surface area (Å²) in [5.41, 5.74) is 0. The van der Waals surface area contributed by atoms with Crippen LogP contribution in [0.5, 0.6) is 0 Å².